The average molecular weight is 270 g/mol. The predicted molar refractivity (Wildman–Crippen MR) is 82.7 cm³/mol. The van der Waals surface area contributed by atoms with E-state index in [4.69, 9.17) is 10.5 Å². The average Bonchev–Trinajstić information content (AvgIpc) is 2.48. The highest BCUT2D eigenvalue weighted by atomic mass is 16.5. The molecule has 0 aliphatic carbocycles. The number of aryl methyl sites for hydroxylation is 1. The number of hydrogen-bond donors (Lipinski definition) is 2. The van der Waals surface area contributed by atoms with Gasteiger partial charge in [0.2, 0.25) is 0 Å². The second kappa shape index (κ2) is 7.68. The fourth-order valence-electron chi connectivity index (χ4n) is 1.89. The Bertz CT molecular complexity index is 506. The van der Waals surface area contributed by atoms with Crippen molar-refractivity contribution in [1.29, 1.82) is 0 Å². The second-order valence-electron chi connectivity index (χ2n) is 4.88. The van der Waals surface area contributed by atoms with Crippen molar-refractivity contribution in [2.24, 2.45) is 5.73 Å². The van der Waals surface area contributed by atoms with Crippen LogP contribution in [0, 0.1) is 6.92 Å². The van der Waals surface area contributed by atoms with E-state index < -0.39 is 0 Å². The molecule has 0 fully saturated rings. The van der Waals surface area contributed by atoms with E-state index in [1.165, 1.54) is 16.7 Å². The van der Waals surface area contributed by atoms with Gasteiger partial charge in [-0.1, -0.05) is 42.0 Å². The van der Waals surface area contributed by atoms with Gasteiger partial charge in [0.25, 0.3) is 0 Å². The van der Waals surface area contributed by atoms with Crippen molar-refractivity contribution >= 4 is 0 Å². The molecule has 0 heterocycles. The Morgan fingerprint density at radius 2 is 1.60 bits per heavy atom. The van der Waals surface area contributed by atoms with Crippen molar-refractivity contribution in [3.05, 3.63) is 65.2 Å². The highest BCUT2D eigenvalue weighted by Crippen LogP contribution is 2.14. The van der Waals surface area contributed by atoms with Gasteiger partial charge in [0.1, 0.15) is 12.4 Å². The van der Waals surface area contributed by atoms with E-state index in [0.717, 1.165) is 18.8 Å². The summed E-state index contributed by atoms with van der Waals surface area (Å²) in [5.41, 5.74) is 9.13. The van der Waals surface area contributed by atoms with E-state index in [0.29, 0.717) is 13.2 Å². The summed E-state index contributed by atoms with van der Waals surface area (Å²) in [6, 6.07) is 16.6. The number of benzene rings is 2. The van der Waals surface area contributed by atoms with Crippen molar-refractivity contribution in [2.75, 3.05) is 13.1 Å². The topological polar surface area (TPSA) is 47.3 Å². The Hall–Kier alpha value is -1.84. The summed E-state index contributed by atoms with van der Waals surface area (Å²) >= 11 is 0. The van der Waals surface area contributed by atoms with Gasteiger partial charge in [-0.2, -0.15) is 0 Å². The second-order valence-corrected chi connectivity index (χ2v) is 4.88. The molecule has 2 aromatic carbocycles. The molecule has 3 heteroatoms. The van der Waals surface area contributed by atoms with Gasteiger partial charge in [0, 0.05) is 19.6 Å². The van der Waals surface area contributed by atoms with Crippen molar-refractivity contribution in [3.8, 4) is 5.75 Å². The lowest BCUT2D eigenvalue weighted by Gasteiger charge is -2.08. The Kier molecular flexibility index (Phi) is 5.59. The van der Waals surface area contributed by atoms with Crippen molar-refractivity contribution in [3.63, 3.8) is 0 Å². The molecule has 2 aromatic rings. The molecule has 0 bridgehead atoms. The summed E-state index contributed by atoms with van der Waals surface area (Å²) in [6.45, 7) is 5.03. The summed E-state index contributed by atoms with van der Waals surface area (Å²) in [4.78, 5) is 0. The highest BCUT2D eigenvalue weighted by molar-refractivity contribution is 5.28. The van der Waals surface area contributed by atoms with E-state index in [2.05, 4.69) is 48.6 Å². The molecule has 0 aliphatic rings. The third-order valence-electron chi connectivity index (χ3n) is 3.10. The summed E-state index contributed by atoms with van der Waals surface area (Å²) in [7, 11) is 0. The fraction of sp³-hybridized carbons (Fsp3) is 0.294. The van der Waals surface area contributed by atoms with Crippen LogP contribution in [-0.4, -0.2) is 13.1 Å². The summed E-state index contributed by atoms with van der Waals surface area (Å²) in [6.07, 6.45) is 0. The molecular weight excluding hydrogens is 248 g/mol. The van der Waals surface area contributed by atoms with Gasteiger partial charge in [-0.25, -0.2) is 0 Å². The first-order valence-electron chi connectivity index (χ1n) is 6.96. The van der Waals surface area contributed by atoms with Crippen LogP contribution in [0.2, 0.25) is 0 Å². The van der Waals surface area contributed by atoms with E-state index in [1.807, 2.05) is 12.1 Å². The highest BCUT2D eigenvalue weighted by Gasteiger charge is 1.97. The molecule has 0 aromatic heterocycles. The van der Waals surface area contributed by atoms with Gasteiger partial charge in [0.15, 0.2) is 0 Å². The molecule has 3 N–H and O–H groups in total. The number of nitrogens with two attached hydrogens (primary N) is 1. The summed E-state index contributed by atoms with van der Waals surface area (Å²) in [5.74, 6) is 0.896. The lowest BCUT2D eigenvalue weighted by atomic mass is 10.2. The molecule has 0 aliphatic heterocycles. The van der Waals surface area contributed by atoms with Crippen molar-refractivity contribution in [1.82, 2.24) is 5.32 Å². The molecule has 0 atom stereocenters. The van der Waals surface area contributed by atoms with Crippen LogP contribution in [0.25, 0.3) is 0 Å². The van der Waals surface area contributed by atoms with Gasteiger partial charge in [-0.3, -0.25) is 0 Å². The SMILES string of the molecule is Cc1ccc(COc2ccc(CNCCN)cc2)cc1. The molecule has 3 nitrogen and oxygen atoms in total. The smallest absolute Gasteiger partial charge is 0.119 e. The minimum absolute atomic E-state index is 0.602. The monoisotopic (exact) mass is 270 g/mol. The molecule has 106 valence electrons. The maximum Gasteiger partial charge on any atom is 0.119 e. The van der Waals surface area contributed by atoms with Crippen LogP contribution in [0.4, 0.5) is 0 Å². The van der Waals surface area contributed by atoms with Crippen molar-refractivity contribution in [2.45, 2.75) is 20.1 Å². The molecule has 20 heavy (non-hydrogen) atoms. The quantitative estimate of drug-likeness (QED) is 0.760. The molecule has 0 saturated heterocycles. The molecule has 0 unspecified atom stereocenters. The zero-order valence-electron chi connectivity index (χ0n) is 11.9. The Morgan fingerprint density at radius 1 is 0.950 bits per heavy atom. The maximum absolute atomic E-state index is 5.77. The first-order chi connectivity index (χ1) is 9.78. The maximum atomic E-state index is 5.77. The number of ether oxygens (including phenoxy) is 1. The van der Waals surface area contributed by atoms with Crippen LogP contribution in [-0.2, 0) is 13.2 Å². The molecule has 0 spiro atoms. The Morgan fingerprint density at radius 3 is 2.25 bits per heavy atom. The van der Waals surface area contributed by atoms with E-state index in [1.54, 1.807) is 0 Å². The lowest BCUT2D eigenvalue weighted by molar-refractivity contribution is 0.306. The fourth-order valence-corrected chi connectivity index (χ4v) is 1.89. The van der Waals surface area contributed by atoms with E-state index >= 15 is 0 Å². The van der Waals surface area contributed by atoms with Crippen LogP contribution in [0.5, 0.6) is 5.75 Å². The minimum atomic E-state index is 0.602. The van der Waals surface area contributed by atoms with Gasteiger partial charge in [0.05, 0.1) is 0 Å². The van der Waals surface area contributed by atoms with Crippen LogP contribution in [0.15, 0.2) is 48.5 Å². The van der Waals surface area contributed by atoms with Gasteiger partial charge < -0.3 is 15.8 Å². The molecular formula is C17H22N2O. The Balaban J connectivity index is 1.82. The summed E-state index contributed by atoms with van der Waals surface area (Å²) in [5, 5.41) is 3.27. The first kappa shape index (κ1) is 14.6. The molecule has 2 rings (SSSR count). The molecule has 0 radical (unpaired) electrons. The largest absolute Gasteiger partial charge is 0.489 e. The number of nitrogens with one attached hydrogen (secondary N) is 1. The molecule has 0 saturated carbocycles. The zero-order valence-corrected chi connectivity index (χ0v) is 11.9. The van der Waals surface area contributed by atoms with Gasteiger partial charge >= 0.3 is 0 Å². The normalized spacial score (nSPS) is 10.5. The van der Waals surface area contributed by atoms with Crippen LogP contribution in [0.1, 0.15) is 16.7 Å². The van der Waals surface area contributed by atoms with Crippen LogP contribution >= 0.6 is 0 Å². The number of hydrogen-bond acceptors (Lipinski definition) is 3. The minimum Gasteiger partial charge on any atom is -0.489 e. The van der Waals surface area contributed by atoms with Crippen molar-refractivity contribution < 1.29 is 4.74 Å². The first-order valence-corrected chi connectivity index (χ1v) is 6.96. The zero-order chi connectivity index (χ0) is 14.2. The van der Waals surface area contributed by atoms with Gasteiger partial charge in [-0.05, 0) is 30.2 Å². The van der Waals surface area contributed by atoms with Gasteiger partial charge in [-0.15, -0.1) is 0 Å². The van der Waals surface area contributed by atoms with E-state index in [9.17, 15) is 0 Å². The number of rotatable bonds is 7. The predicted octanol–water partition coefficient (Wildman–Crippen LogP) is 2.62. The molecule has 0 amide bonds. The standard InChI is InChI=1S/C17H22N2O/c1-14-2-4-16(5-3-14)13-20-17-8-6-15(7-9-17)12-19-11-10-18/h2-9,19H,10-13,18H2,1H3. The third-order valence-corrected chi connectivity index (χ3v) is 3.10. The van der Waals surface area contributed by atoms with Crippen LogP contribution < -0.4 is 15.8 Å². The lowest BCUT2D eigenvalue weighted by Crippen LogP contribution is -2.21. The van der Waals surface area contributed by atoms with Crippen LogP contribution in [0.3, 0.4) is 0 Å². The third kappa shape index (κ3) is 4.68. The Labute approximate surface area is 120 Å². The van der Waals surface area contributed by atoms with E-state index in [-0.39, 0.29) is 0 Å². The summed E-state index contributed by atoms with van der Waals surface area (Å²) < 4.78 is 5.77.